The van der Waals surface area contributed by atoms with E-state index in [1.807, 2.05) is 0 Å². The number of ether oxygens (including phenoxy) is 1. The number of hydrogen-bond donors (Lipinski definition) is 2. The summed E-state index contributed by atoms with van der Waals surface area (Å²) in [6.07, 6.45) is -0.402. The fourth-order valence-corrected chi connectivity index (χ4v) is 2.52. The molecule has 1 rings (SSSR count). The first-order valence-electron chi connectivity index (χ1n) is 6.30. The molecule has 0 heterocycles. The Morgan fingerprint density at radius 3 is 2.56 bits per heavy atom. The molecule has 0 spiro atoms. The minimum absolute atomic E-state index is 0.383. The highest BCUT2D eigenvalue weighted by molar-refractivity contribution is 7.99. The molecule has 0 saturated carbocycles. The van der Waals surface area contributed by atoms with Crippen molar-refractivity contribution in [1.82, 2.24) is 5.32 Å². The van der Waals surface area contributed by atoms with Gasteiger partial charge in [0.2, 0.25) is 0 Å². The summed E-state index contributed by atoms with van der Waals surface area (Å²) in [6.45, 7) is 5.63. The van der Waals surface area contributed by atoms with E-state index >= 15 is 0 Å². The monoisotopic (exact) mass is 269 g/mol. The van der Waals surface area contributed by atoms with E-state index in [1.165, 1.54) is 10.5 Å². The molecule has 0 aliphatic heterocycles. The molecule has 2 unspecified atom stereocenters. The average Bonchev–Trinajstić information content (AvgIpc) is 2.37. The first-order valence-corrected chi connectivity index (χ1v) is 7.29. The molecule has 0 amide bonds. The van der Waals surface area contributed by atoms with Crippen LogP contribution in [0.2, 0.25) is 0 Å². The Bertz CT molecular complexity index is 329. The predicted molar refractivity (Wildman–Crippen MR) is 77.1 cm³/mol. The van der Waals surface area contributed by atoms with Crippen molar-refractivity contribution in [3.63, 3.8) is 0 Å². The first kappa shape index (κ1) is 15.5. The highest BCUT2D eigenvalue weighted by atomic mass is 32.2. The van der Waals surface area contributed by atoms with Gasteiger partial charge < -0.3 is 15.2 Å². The van der Waals surface area contributed by atoms with Crippen molar-refractivity contribution in [2.45, 2.75) is 30.9 Å². The van der Waals surface area contributed by atoms with E-state index in [0.29, 0.717) is 18.4 Å². The zero-order chi connectivity index (χ0) is 13.4. The van der Waals surface area contributed by atoms with Gasteiger partial charge in [-0.25, -0.2) is 0 Å². The lowest BCUT2D eigenvalue weighted by Gasteiger charge is -2.13. The maximum atomic E-state index is 9.57. The van der Waals surface area contributed by atoms with E-state index in [4.69, 9.17) is 4.74 Å². The summed E-state index contributed by atoms with van der Waals surface area (Å²) in [5, 5.41) is 13.0. The van der Waals surface area contributed by atoms with Gasteiger partial charge in [0.25, 0.3) is 0 Å². The Balaban J connectivity index is 2.45. The Kier molecular flexibility index (Phi) is 7.35. The van der Waals surface area contributed by atoms with Gasteiger partial charge in [0.15, 0.2) is 0 Å². The Hall–Kier alpha value is -0.550. The molecule has 2 atom stereocenters. The van der Waals surface area contributed by atoms with Crippen LogP contribution in [0.4, 0.5) is 0 Å². The molecule has 0 fully saturated rings. The van der Waals surface area contributed by atoms with Crippen molar-refractivity contribution in [3.8, 4) is 0 Å². The summed E-state index contributed by atoms with van der Waals surface area (Å²) < 4.78 is 4.90. The average molecular weight is 269 g/mol. The molecule has 1 aromatic carbocycles. The highest BCUT2D eigenvalue weighted by Gasteiger charge is 2.06. The number of aliphatic hydroxyl groups excluding tert-OH is 1. The smallest absolute Gasteiger partial charge is 0.0867 e. The number of rotatable bonds is 8. The number of thioether (sulfide) groups is 1. The second-order valence-electron chi connectivity index (χ2n) is 4.27. The van der Waals surface area contributed by atoms with Gasteiger partial charge in [0, 0.05) is 23.8 Å². The third-order valence-electron chi connectivity index (χ3n) is 2.69. The fourth-order valence-electron chi connectivity index (χ4n) is 1.71. The minimum atomic E-state index is -0.402. The lowest BCUT2D eigenvalue weighted by atomic mass is 10.1. The molecule has 3 nitrogen and oxygen atoms in total. The SMILES string of the molecule is CCNC(C)c1ccc(SCC(O)COC)cc1. The van der Waals surface area contributed by atoms with Crippen LogP contribution in [0.1, 0.15) is 25.5 Å². The van der Waals surface area contributed by atoms with Gasteiger partial charge >= 0.3 is 0 Å². The van der Waals surface area contributed by atoms with E-state index in [-0.39, 0.29) is 0 Å². The zero-order valence-corrected chi connectivity index (χ0v) is 12.2. The predicted octanol–water partition coefficient (Wildman–Crippen LogP) is 2.46. The van der Waals surface area contributed by atoms with Crippen LogP contribution in [-0.4, -0.2) is 37.2 Å². The molecule has 18 heavy (non-hydrogen) atoms. The summed E-state index contributed by atoms with van der Waals surface area (Å²) in [5.41, 5.74) is 1.29. The van der Waals surface area contributed by atoms with E-state index in [0.717, 1.165) is 6.54 Å². The maximum absolute atomic E-state index is 9.57. The van der Waals surface area contributed by atoms with Crippen molar-refractivity contribution in [1.29, 1.82) is 0 Å². The molecule has 0 aliphatic carbocycles. The van der Waals surface area contributed by atoms with E-state index in [1.54, 1.807) is 18.9 Å². The van der Waals surface area contributed by atoms with Gasteiger partial charge in [-0.05, 0) is 31.2 Å². The Labute approximate surface area is 114 Å². The topological polar surface area (TPSA) is 41.5 Å². The molecule has 2 N–H and O–H groups in total. The van der Waals surface area contributed by atoms with Crippen LogP contribution in [0.5, 0.6) is 0 Å². The quantitative estimate of drug-likeness (QED) is 0.711. The molecular formula is C14H23NO2S. The molecule has 0 bridgehead atoms. The minimum Gasteiger partial charge on any atom is -0.390 e. The second kappa shape index (κ2) is 8.53. The van der Waals surface area contributed by atoms with Crippen molar-refractivity contribution in [2.24, 2.45) is 0 Å². The van der Waals surface area contributed by atoms with Crippen LogP contribution in [0, 0.1) is 0 Å². The van der Waals surface area contributed by atoms with E-state index in [2.05, 4.69) is 43.4 Å². The summed E-state index contributed by atoms with van der Waals surface area (Å²) >= 11 is 1.65. The lowest BCUT2D eigenvalue weighted by molar-refractivity contribution is 0.0794. The molecule has 0 aromatic heterocycles. The Morgan fingerprint density at radius 2 is 2.00 bits per heavy atom. The van der Waals surface area contributed by atoms with Gasteiger partial charge in [-0.15, -0.1) is 11.8 Å². The summed E-state index contributed by atoms with van der Waals surface area (Å²) in [6, 6.07) is 8.87. The van der Waals surface area contributed by atoms with Gasteiger partial charge in [-0.3, -0.25) is 0 Å². The summed E-state index contributed by atoms with van der Waals surface area (Å²) in [5.74, 6) is 0.663. The van der Waals surface area contributed by atoms with Crippen LogP contribution in [0.15, 0.2) is 29.2 Å². The maximum Gasteiger partial charge on any atom is 0.0867 e. The Morgan fingerprint density at radius 1 is 1.33 bits per heavy atom. The van der Waals surface area contributed by atoms with Crippen LogP contribution in [-0.2, 0) is 4.74 Å². The number of hydrogen-bond acceptors (Lipinski definition) is 4. The van der Waals surface area contributed by atoms with Crippen molar-refractivity contribution in [3.05, 3.63) is 29.8 Å². The molecular weight excluding hydrogens is 246 g/mol. The summed E-state index contributed by atoms with van der Waals surface area (Å²) in [4.78, 5) is 1.18. The van der Waals surface area contributed by atoms with Gasteiger partial charge in [0.05, 0.1) is 12.7 Å². The largest absolute Gasteiger partial charge is 0.390 e. The molecule has 0 aliphatic rings. The molecule has 1 aromatic rings. The summed E-state index contributed by atoms with van der Waals surface area (Å²) in [7, 11) is 1.60. The third-order valence-corrected chi connectivity index (χ3v) is 3.85. The van der Waals surface area contributed by atoms with Gasteiger partial charge in [-0.2, -0.15) is 0 Å². The van der Waals surface area contributed by atoms with Crippen LogP contribution >= 0.6 is 11.8 Å². The molecule has 0 radical (unpaired) electrons. The van der Waals surface area contributed by atoms with Gasteiger partial charge in [-0.1, -0.05) is 19.1 Å². The number of nitrogens with one attached hydrogen (secondary N) is 1. The van der Waals surface area contributed by atoms with Crippen LogP contribution in [0.3, 0.4) is 0 Å². The first-order chi connectivity index (χ1) is 8.67. The van der Waals surface area contributed by atoms with Crippen LogP contribution < -0.4 is 5.32 Å². The number of methoxy groups -OCH3 is 1. The normalized spacial score (nSPS) is 14.4. The molecule has 4 heteroatoms. The molecule has 0 saturated heterocycles. The van der Waals surface area contributed by atoms with Gasteiger partial charge in [0.1, 0.15) is 0 Å². The van der Waals surface area contributed by atoms with E-state index < -0.39 is 6.10 Å². The zero-order valence-electron chi connectivity index (χ0n) is 11.3. The standard InChI is InChI=1S/C14H23NO2S/c1-4-15-11(2)12-5-7-14(8-6-12)18-10-13(16)9-17-3/h5-8,11,13,15-16H,4,9-10H2,1-3H3. The van der Waals surface area contributed by atoms with Crippen LogP contribution in [0.25, 0.3) is 0 Å². The lowest BCUT2D eigenvalue weighted by Crippen LogP contribution is -2.17. The molecule has 102 valence electrons. The van der Waals surface area contributed by atoms with Crippen molar-refractivity contribution >= 4 is 11.8 Å². The highest BCUT2D eigenvalue weighted by Crippen LogP contribution is 2.21. The third kappa shape index (κ3) is 5.40. The van der Waals surface area contributed by atoms with E-state index in [9.17, 15) is 5.11 Å². The fraction of sp³-hybridized carbons (Fsp3) is 0.571. The van der Waals surface area contributed by atoms with Crippen molar-refractivity contribution < 1.29 is 9.84 Å². The number of benzene rings is 1. The number of aliphatic hydroxyl groups is 1. The van der Waals surface area contributed by atoms with Crippen molar-refractivity contribution in [2.75, 3.05) is 26.0 Å². The second-order valence-corrected chi connectivity index (χ2v) is 5.36.